The van der Waals surface area contributed by atoms with Crippen molar-refractivity contribution in [3.05, 3.63) is 29.6 Å². The van der Waals surface area contributed by atoms with Crippen LogP contribution in [0.5, 0.6) is 0 Å². The number of halogens is 1. The lowest BCUT2D eigenvalue weighted by molar-refractivity contribution is 0.321. The molecule has 0 spiro atoms. The van der Waals surface area contributed by atoms with Gasteiger partial charge in [-0.2, -0.15) is 0 Å². The van der Waals surface area contributed by atoms with E-state index in [0.29, 0.717) is 17.2 Å². The minimum atomic E-state index is -0.306. The van der Waals surface area contributed by atoms with Crippen molar-refractivity contribution in [2.75, 3.05) is 18.5 Å². The maximum atomic E-state index is 13.8. The maximum absolute atomic E-state index is 13.8. The van der Waals surface area contributed by atoms with Crippen molar-refractivity contribution in [2.24, 2.45) is 11.7 Å². The molecule has 1 aromatic carbocycles. The molecule has 17 heavy (non-hydrogen) atoms. The van der Waals surface area contributed by atoms with Gasteiger partial charge in [-0.25, -0.2) is 4.39 Å². The highest BCUT2D eigenvalue weighted by Gasteiger charge is 2.20. The molecule has 0 aromatic heterocycles. The number of anilines is 1. The van der Waals surface area contributed by atoms with Gasteiger partial charge in [-0.3, -0.25) is 5.41 Å². The van der Waals surface area contributed by atoms with Crippen molar-refractivity contribution in [1.29, 1.82) is 5.41 Å². The van der Waals surface area contributed by atoms with Gasteiger partial charge in [-0.05, 0) is 37.0 Å². The SMILES string of the molecule is CN(CC1CCC1)c1ccc(C(=N)N)cc1F. The molecular formula is C13H18FN3. The summed E-state index contributed by atoms with van der Waals surface area (Å²) in [6, 6.07) is 4.72. The van der Waals surface area contributed by atoms with Crippen LogP contribution in [0.1, 0.15) is 24.8 Å². The summed E-state index contributed by atoms with van der Waals surface area (Å²) in [6.07, 6.45) is 3.79. The molecule has 0 saturated heterocycles. The highest BCUT2D eigenvalue weighted by atomic mass is 19.1. The first kappa shape index (κ1) is 11.9. The molecule has 1 aromatic rings. The third-order valence-corrected chi connectivity index (χ3v) is 3.43. The summed E-state index contributed by atoms with van der Waals surface area (Å²) in [5.74, 6) is 0.295. The summed E-state index contributed by atoms with van der Waals surface area (Å²) in [5, 5.41) is 7.26. The quantitative estimate of drug-likeness (QED) is 0.621. The molecule has 0 amide bonds. The van der Waals surface area contributed by atoms with Gasteiger partial charge in [0.1, 0.15) is 11.7 Å². The molecule has 0 unspecified atom stereocenters. The van der Waals surface area contributed by atoms with Gasteiger partial charge in [-0.15, -0.1) is 0 Å². The summed E-state index contributed by atoms with van der Waals surface area (Å²) >= 11 is 0. The van der Waals surface area contributed by atoms with Crippen LogP contribution in [0.15, 0.2) is 18.2 Å². The summed E-state index contributed by atoms with van der Waals surface area (Å²) < 4.78 is 13.8. The number of hydrogen-bond acceptors (Lipinski definition) is 2. The minimum Gasteiger partial charge on any atom is -0.384 e. The van der Waals surface area contributed by atoms with Gasteiger partial charge in [-0.1, -0.05) is 6.42 Å². The maximum Gasteiger partial charge on any atom is 0.147 e. The summed E-state index contributed by atoms with van der Waals surface area (Å²) in [6.45, 7) is 0.899. The second-order valence-corrected chi connectivity index (χ2v) is 4.76. The van der Waals surface area contributed by atoms with Gasteiger partial charge in [0.15, 0.2) is 0 Å². The first-order chi connectivity index (χ1) is 8.08. The van der Waals surface area contributed by atoms with Crippen LogP contribution in [0.4, 0.5) is 10.1 Å². The fourth-order valence-corrected chi connectivity index (χ4v) is 2.15. The number of nitrogens with zero attached hydrogens (tertiary/aromatic N) is 1. The predicted octanol–water partition coefficient (Wildman–Crippen LogP) is 2.35. The third-order valence-electron chi connectivity index (χ3n) is 3.43. The normalized spacial score (nSPS) is 15.4. The van der Waals surface area contributed by atoms with Crippen LogP contribution in [0, 0.1) is 17.1 Å². The van der Waals surface area contributed by atoms with Gasteiger partial charge in [0, 0.05) is 19.2 Å². The van der Waals surface area contributed by atoms with Crippen LogP contribution in [0.25, 0.3) is 0 Å². The molecular weight excluding hydrogens is 217 g/mol. The van der Waals surface area contributed by atoms with Gasteiger partial charge in [0.2, 0.25) is 0 Å². The monoisotopic (exact) mass is 235 g/mol. The molecule has 0 aliphatic heterocycles. The van der Waals surface area contributed by atoms with E-state index in [-0.39, 0.29) is 11.7 Å². The molecule has 92 valence electrons. The average Bonchev–Trinajstić information content (AvgIpc) is 2.22. The Kier molecular flexibility index (Phi) is 3.31. The fraction of sp³-hybridized carbons (Fsp3) is 0.462. The summed E-state index contributed by atoms with van der Waals surface area (Å²) in [4.78, 5) is 1.95. The lowest BCUT2D eigenvalue weighted by Crippen LogP contribution is -2.29. The van der Waals surface area contributed by atoms with E-state index >= 15 is 0 Å². The van der Waals surface area contributed by atoms with Crippen LogP contribution in [0.3, 0.4) is 0 Å². The molecule has 1 aliphatic rings. The zero-order valence-electron chi connectivity index (χ0n) is 10.0. The van der Waals surface area contributed by atoms with Gasteiger partial charge < -0.3 is 10.6 Å². The Morgan fingerprint density at radius 3 is 2.71 bits per heavy atom. The molecule has 2 rings (SSSR count). The van der Waals surface area contributed by atoms with Crippen molar-refractivity contribution in [2.45, 2.75) is 19.3 Å². The number of nitrogens with two attached hydrogens (primary N) is 1. The largest absolute Gasteiger partial charge is 0.384 e. The van der Waals surface area contributed by atoms with Gasteiger partial charge >= 0.3 is 0 Å². The van der Waals surface area contributed by atoms with E-state index in [9.17, 15) is 4.39 Å². The highest BCUT2D eigenvalue weighted by Crippen LogP contribution is 2.29. The zero-order valence-corrected chi connectivity index (χ0v) is 10.0. The molecule has 0 bridgehead atoms. The lowest BCUT2D eigenvalue weighted by atomic mass is 9.85. The van der Waals surface area contributed by atoms with E-state index in [1.807, 2.05) is 11.9 Å². The Morgan fingerprint density at radius 2 is 2.24 bits per heavy atom. The Balaban J connectivity index is 2.11. The molecule has 3 nitrogen and oxygen atoms in total. The van der Waals surface area contributed by atoms with Crippen molar-refractivity contribution in [3.8, 4) is 0 Å². The van der Waals surface area contributed by atoms with Crippen LogP contribution in [0.2, 0.25) is 0 Å². The standard InChI is InChI=1S/C13H18FN3/c1-17(8-9-3-2-4-9)12-6-5-10(13(15)16)7-11(12)14/h5-7,9H,2-4,8H2,1H3,(H3,15,16). The predicted molar refractivity (Wildman–Crippen MR) is 68.0 cm³/mol. The number of hydrogen-bond donors (Lipinski definition) is 2. The van der Waals surface area contributed by atoms with Gasteiger partial charge in [0.05, 0.1) is 5.69 Å². The number of amidine groups is 1. The van der Waals surface area contributed by atoms with Crippen LogP contribution in [-0.2, 0) is 0 Å². The van der Waals surface area contributed by atoms with Gasteiger partial charge in [0.25, 0.3) is 0 Å². The topological polar surface area (TPSA) is 53.1 Å². The molecule has 1 saturated carbocycles. The molecule has 4 heteroatoms. The first-order valence-corrected chi connectivity index (χ1v) is 5.93. The molecule has 0 radical (unpaired) electrons. The minimum absolute atomic E-state index is 0.0999. The number of rotatable bonds is 4. The Bertz CT molecular complexity index is 427. The molecule has 3 N–H and O–H groups in total. The van der Waals surface area contributed by atoms with Crippen LogP contribution >= 0.6 is 0 Å². The van der Waals surface area contributed by atoms with E-state index in [4.69, 9.17) is 11.1 Å². The smallest absolute Gasteiger partial charge is 0.147 e. The van der Waals surface area contributed by atoms with Crippen molar-refractivity contribution >= 4 is 11.5 Å². The van der Waals surface area contributed by atoms with E-state index in [2.05, 4.69) is 0 Å². The van der Waals surface area contributed by atoms with Crippen molar-refractivity contribution < 1.29 is 4.39 Å². The average molecular weight is 235 g/mol. The van der Waals surface area contributed by atoms with Crippen LogP contribution < -0.4 is 10.6 Å². The third kappa shape index (κ3) is 2.57. The van der Waals surface area contributed by atoms with E-state index in [0.717, 1.165) is 6.54 Å². The Morgan fingerprint density at radius 1 is 1.53 bits per heavy atom. The number of nitrogens with one attached hydrogen (secondary N) is 1. The number of nitrogen functional groups attached to an aromatic ring is 1. The second-order valence-electron chi connectivity index (χ2n) is 4.76. The lowest BCUT2D eigenvalue weighted by Gasteiger charge is -2.31. The van der Waals surface area contributed by atoms with E-state index < -0.39 is 0 Å². The second kappa shape index (κ2) is 4.73. The summed E-state index contributed by atoms with van der Waals surface area (Å²) in [7, 11) is 1.91. The molecule has 0 heterocycles. The number of benzene rings is 1. The van der Waals surface area contributed by atoms with E-state index in [1.54, 1.807) is 12.1 Å². The molecule has 0 atom stereocenters. The zero-order chi connectivity index (χ0) is 12.4. The van der Waals surface area contributed by atoms with Crippen LogP contribution in [-0.4, -0.2) is 19.4 Å². The Hall–Kier alpha value is -1.58. The fourth-order valence-electron chi connectivity index (χ4n) is 2.15. The van der Waals surface area contributed by atoms with Crippen molar-refractivity contribution in [1.82, 2.24) is 0 Å². The molecule has 1 aliphatic carbocycles. The Labute approximate surface area is 101 Å². The van der Waals surface area contributed by atoms with Crippen molar-refractivity contribution in [3.63, 3.8) is 0 Å². The summed E-state index contributed by atoms with van der Waals surface area (Å²) in [5.41, 5.74) is 6.34. The highest BCUT2D eigenvalue weighted by molar-refractivity contribution is 5.95. The van der Waals surface area contributed by atoms with E-state index in [1.165, 1.54) is 25.3 Å². The first-order valence-electron chi connectivity index (χ1n) is 5.93. The molecule has 1 fully saturated rings.